The second-order valence-corrected chi connectivity index (χ2v) is 6.28. The van der Waals surface area contributed by atoms with Crippen LogP contribution in [0.4, 0.5) is 0 Å². The molecule has 3 rings (SSSR count). The summed E-state index contributed by atoms with van der Waals surface area (Å²) in [6, 6.07) is 11.8. The molecule has 2 heterocycles. The maximum Gasteiger partial charge on any atom is 0.248 e. The molecule has 1 saturated heterocycles. The number of nitrogens with two attached hydrogens (primary N) is 1. The predicted molar refractivity (Wildman–Crippen MR) is 89.4 cm³/mol. The molecule has 1 aromatic carbocycles. The van der Waals surface area contributed by atoms with Gasteiger partial charge in [0, 0.05) is 36.1 Å². The summed E-state index contributed by atoms with van der Waals surface area (Å²) in [6.07, 6.45) is 4.59. The molecule has 4 heteroatoms. The first kappa shape index (κ1) is 15.7. The Morgan fingerprint density at radius 2 is 1.96 bits per heavy atom. The van der Waals surface area contributed by atoms with Gasteiger partial charge < -0.3 is 10.5 Å². The van der Waals surface area contributed by atoms with Gasteiger partial charge in [-0.2, -0.15) is 0 Å². The van der Waals surface area contributed by atoms with Gasteiger partial charge in [-0.25, -0.2) is 0 Å². The van der Waals surface area contributed by atoms with E-state index in [4.69, 9.17) is 10.5 Å². The number of aryl methyl sites for hydroxylation is 1. The SMILES string of the molecule is Cc1ccc(C2(Cc3ccccc3C(N)=O)CCOCC2)cn1. The zero-order valence-corrected chi connectivity index (χ0v) is 13.4. The maximum absolute atomic E-state index is 11.7. The Hall–Kier alpha value is -2.20. The van der Waals surface area contributed by atoms with Crippen molar-refractivity contribution in [3.63, 3.8) is 0 Å². The molecule has 4 nitrogen and oxygen atoms in total. The lowest BCUT2D eigenvalue weighted by Crippen LogP contribution is -2.36. The van der Waals surface area contributed by atoms with Crippen molar-refractivity contribution >= 4 is 5.91 Å². The van der Waals surface area contributed by atoms with Gasteiger partial charge in [-0.05, 0) is 49.4 Å². The van der Waals surface area contributed by atoms with Crippen molar-refractivity contribution in [3.05, 3.63) is 65.0 Å². The van der Waals surface area contributed by atoms with Crippen LogP contribution in [0.15, 0.2) is 42.6 Å². The first-order valence-electron chi connectivity index (χ1n) is 7.99. The van der Waals surface area contributed by atoms with E-state index in [0.717, 1.165) is 43.7 Å². The zero-order valence-electron chi connectivity index (χ0n) is 13.4. The van der Waals surface area contributed by atoms with Gasteiger partial charge in [-0.15, -0.1) is 0 Å². The highest BCUT2D eigenvalue weighted by Gasteiger charge is 2.35. The van der Waals surface area contributed by atoms with E-state index >= 15 is 0 Å². The van der Waals surface area contributed by atoms with Crippen molar-refractivity contribution in [1.29, 1.82) is 0 Å². The molecule has 0 saturated carbocycles. The number of rotatable bonds is 4. The molecular formula is C19H22N2O2. The van der Waals surface area contributed by atoms with Crippen LogP contribution < -0.4 is 5.73 Å². The molecule has 1 fully saturated rings. The summed E-state index contributed by atoms with van der Waals surface area (Å²) >= 11 is 0. The van der Waals surface area contributed by atoms with Crippen LogP contribution in [-0.4, -0.2) is 24.1 Å². The number of carbonyl (C=O) groups is 1. The average molecular weight is 310 g/mol. The molecule has 1 amide bonds. The van der Waals surface area contributed by atoms with E-state index in [-0.39, 0.29) is 11.3 Å². The van der Waals surface area contributed by atoms with E-state index in [2.05, 4.69) is 11.1 Å². The smallest absolute Gasteiger partial charge is 0.248 e. The molecule has 23 heavy (non-hydrogen) atoms. The molecule has 1 aliphatic heterocycles. The van der Waals surface area contributed by atoms with E-state index < -0.39 is 0 Å². The molecular weight excluding hydrogens is 288 g/mol. The quantitative estimate of drug-likeness (QED) is 0.944. The van der Waals surface area contributed by atoms with Gasteiger partial charge in [0.05, 0.1) is 0 Å². The third-order valence-corrected chi connectivity index (χ3v) is 4.79. The van der Waals surface area contributed by atoms with Gasteiger partial charge >= 0.3 is 0 Å². The van der Waals surface area contributed by atoms with Crippen molar-refractivity contribution in [2.45, 2.75) is 31.6 Å². The minimum absolute atomic E-state index is 0.0511. The highest BCUT2D eigenvalue weighted by atomic mass is 16.5. The Kier molecular flexibility index (Phi) is 4.44. The first-order chi connectivity index (χ1) is 11.1. The van der Waals surface area contributed by atoms with Crippen LogP contribution >= 0.6 is 0 Å². The highest BCUT2D eigenvalue weighted by molar-refractivity contribution is 5.94. The number of hydrogen-bond acceptors (Lipinski definition) is 3. The Balaban J connectivity index is 2.00. The number of benzene rings is 1. The van der Waals surface area contributed by atoms with Crippen molar-refractivity contribution < 1.29 is 9.53 Å². The lowest BCUT2D eigenvalue weighted by Gasteiger charge is -2.38. The molecule has 1 aliphatic rings. The Labute approximate surface area is 136 Å². The standard InChI is InChI=1S/C19H22N2O2/c1-14-6-7-16(13-21-14)19(8-10-23-11-9-19)12-15-4-2-3-5-17(15)18(20)22/h2-7,13H,8-12H2,1H3,(H2,20,22). The van der Waals surface area contributed by atoms with Crippen LogP contribution in [-0.2, 0) is 16.6 Å². The molecule has 0 spiro atoms. The number of amides is 1. The van der Waals surface area contributed by atoms with Crippen LogP contribution in [0.5, 0.6) is 0 Å². The molecule has 0 unspecified atom stereocenters. The number of aromatic nitrogens is 1. The Morgan fingerprint density at radius 1 is 1.22 bits per heavy atom. The minimum atomic E-state index is -0.371. The fourth-order valence-corrected chi connectivity index (χ4v) is 3.39. The summed E-state index contributed by atoms with van der Waals surface area (Å²) in [5.41, 5.74) is 9.33. The number of nitrogens with zero attached hydrogens (tertiary/aromatic N) is 1. The van der Waals surface area contributed by atoms with E-state index in [9.17, 15) is 4.79 Å². The zero-order chi connectivity index (χ0) is 16.3. The van der Waals surface area contributed by atoms with Crippen molar-refractivity contribution in [3.8, 4) is 0 Å². The Bertz CT molecular complexity index is 689. The van der Waals surface area contributed by atoms with E-state index in [1.54, 1.807) is 6.07 Å². The summed E-state index contributed by atoms with van der Waals surface area (Å²) in [6.45, 7) is 3.45. The van der Waals surface area contributed by atoms with Crippen molar-refractivity contribution in [2.24, 2.45) is 5.73 Å². The average Bonchev–Trinajstić information content (AvgIpc) is 2.56. The third kappa shape index (κ3) is 3.27. The van der Waals surface area contributed by atoms with Crippen molar-refractivity contribution in [1.82, 2.24) is 4.98 Å². The molecule has 0 aliphatic carbocycles. The van der Waals surface area contributed by atoms with Gasteiger partial charge in [-0.3, -0.25) is 9.78 Å². The first-order valence-corrected chi connectivity index (χ1v) is 7.99. The van der Waals surface area contributed by atoms with Crippen LogP contribution in [0.2, 0.25) is 0 Å². The number of hydrogen-bond donors (Lipinski definition) is 1. The summed E-state index contributed by atoms with van der Waals surface area (Å²) in [5.74, 6) is -0.371. The normalized spacial score (nSPS) is 16.9. The Morgan fingerprint density at radius 3 is 2.61 bits per heavy atom. The number of carbonyl (C=O) groups excluding carboxylic acids is 1. The summed E-state index contributed by atoms with van der Waals surface area (Å²) in [7, 11) is 0. The fourth-order valence-electron chi connectivity index (χ4n) is 3.39. The molecule has 0 radical (unpaired) electrons. The highest BCUT2D eigenvalue weighted by Crippen LogP contribution is 2.38. The van der Waals surface area contributed by atoms with E-state index in [1.807, 2.05) is 37.4 Å². The number of ether oxygens (including phenoxy) is 1. The largest absolute Gasteiger partial charge is 0.381 e. The predicted octanol–water partition coefficient (Wildman–Crippen LogP) is 2.78. The summed E-state index contributed by atoms with van der Waals surface area (Å²) in [5, 5.41) is 0. The second kappa shape index (κ2) is 6.50. The van der Waals surface area contributed by atoms with E-state index in [1.165, 1.54) is 5.56 Å². The monoisotopic (exact) mass is 310 g/mol. The molecule has 0 bridgehead atoms. The molecule has 1 aromatic heterocycles. The molecule has 0 atom stereocenters. The van der Waals surface area contributed by atoms with Crippen molar-refractivity contribution in [2.75, 3.05) is 13.2 Å². The van der Waals surface area contributed by atoms with Gasteiger partial charge in [0.25, 0.3) is 0 Å². The van der Waals surface area contributed by atoms with Gasteiger partial charge in [0.2, 0.25) is 5.91 Å². The minimum Gasteiger partial charge on any atom is -0.381 e. The lowest BCUT2D eigenvalue weighted by atomic mass is 9.70. The number of pyridine rings is 1. The summed E-state index contributed by atoms with van der Waals surface area (Å²) < 4.78 is 5.57. The van der Waals surface area contributed by atoms with Gasteiger partial charge in [0.1, 0.15) is 0 Å². The van der Waals surface area contributed by atoms with Gasteiger partial charge in [-0.1, -0.05) is 24.3 Å². The second-order valence-electron chi connectivity index (χ2n) is 6.28. The van der Waals surface area contributed by atoms with Gasteiger partial charge in [0.15, 0.2) is 0 Å². The van der Waals surface area contributed by atoms with Crippen LogP contribution in [0, 0.1) is 6.92 Å². The van der Waals surface area contributed by atoms with E-state index in [0.29, 0.717) is 5.56 Å². The lowest BCUT2D eigenvalue weighted by molar-refractivity contribution is 0.0498. The molecule has 2 aromatic rings. The van der Waals surface area contributed by atoms with Crippen LogP contribution in [0.1, 0.15) is 40.0 Å². The van der Waals surface area contributed by atoms with Crippen LogP contribution in [0.25, 0.3) is 0 Å². The molecule has 120 valence electrons. The third-order valence-electron chi connectivity index (χ3n) is 4.79. The molecule has 2 N–H and O–H groups in total. The fraction of sp³-hybridized carbons (Fsp3) is 0.368. The summed E-state index contributed by atoms with van der Waals surface area (Å²) in [4.78, 5) is 16.2. The topological polar surface area (TPSA) is 65.2 Å². The number of primary amides is 1. The maximum atomic E-state index is 11.7. The van der Waals surface area contributed by atoms with Crippen LogP contribution in [0.3, 0.4) is 0 Å².